The molecule has 1 N–H and O–H groups in total. The Balaban J connectivity index is 1.35. The molecule has 5 rings (SSSR count). The van der Waals surface area contributed by atoms with Gasteiger partial charge in [-0.3, -0.25) is 19.1 Å². The Labute approximate surface area is 182 Å². The first-order valence-electron chi connectivity index (χ1n) is 9.92. The molecule has 4 aromatic rings. The maximum atomic E-state index is 12.7. The minimum Gasteiger partial charge on any atom is -0.451 e. The molecule has 9 heteroatoms. The van der Waals surface area contributed by atoms with Crippen LogP contribution in [0.1, 0.15) is 36.4 Å². The molecule has 0 bridgehead atoms. The van der Waals surface area contributed by atoms with E-state index in [2.05, 4.69) is 25.1 Å². The number of ketones is 1. The Morgan fingerprint density at radius 3 is 2.77 bits per heavy atom. The highest BCUT2D eigenvalue weighted by Crippen LogP contribution is 2.41. The summed E-state index contributed by atoms with van der Waals surface area (Å²) in [4.78, 5) is 28.9. The molecule has 1 fully saturated rings. The summed E-state index contributed by atoms with van der Waals surface area (Å²) >= 11 is 1.32. The fraction of sp³-hybridized carbons (Fsp3) is 0.227. The molecule has 0 radical (unpaired) electrons. The number of hydrogen-bond donors (Lipinski definition) is 1. The van der Waals surface area contributed by atoms with E-state index in [4.69, 9.17) is 4.42 Å². The lowest BCUT2D eigenvalue weighted by atomic mass is 10.2. The third kappa shape index (κ3) is 3.84. The lowest BCUT2D eigenvalue weighted by Crippen LogP contribution is -2.16. The Bertz CT molecular complexity index is 1280. The number of hydrogen-bond acceptors (Lipinski definition) is 7. The van der Waals surface area contributed by atoms with Crippen molar-refractivity contribution in [3.63, 3.8) is 0 Å². The lowest BCUT2D eigenvalue weighted by Gasteiger charge is -2.09. The highest BCUT2D eigenvalue weighted by atomic mass is 32.2. The molecule has 3 aromatic heterocycles. The monoisotopic (exact) mass is 433 g/mol. The van der Waals surface area contributed by atoms with Gasteiger partial charge < -0.3 is 9.73 Å². The van der Waals surface area contributed by atoms with Crippen molar-refractivity contribution >= 4 is 40.1 Å². The van der Waals surface area contributed by atoms with Crippen LogP contribution >= 0.6 is 11.8 Å². The second-order valence-corrected chi connectivity index (χ2v) is 8.29. The van der Waals surface area contributed by atoms with Crippen molar-refractivity contribution in [1.29, 1.82) is 0 Å². The molecule has 31 heavy (non-hydrogen) atoms. The summed E-state index contributed by atoms with van der Waals surface area (Å²) < 4.78 is 7.72. The Morgan fingerprint density at radius 2 is 2.03 bits per heavy atom. The Hall–Kier alpha value is -3.46. The van der Waals surface area contributed by atoms with E-state index in [-0.39, 0.29) is 23.2 Å². The molecule has 0 atom stereocenters. The van der Waals surface area contributed by atoms with Crippen molar-refractivity contribution < 1.29 is 14.0 Å². The van der Waals surface area contributed by atoms with Gasteiger partial charge in [0.25, 0.3) is 0 Å². The van der Waals surface area contributed by atoms with Gasteiger partial charge in [-0.25, -0.2) is 0 Å². The van der Waals surface area contributed by atoms with E-state index < -0.39 is 0 Å². The Morgan fingerprint density at radius 1 is 1.19 bits per heavy atom. The number of carbonyl (C=O) groups is 2. The number of amides is 1. The van der Waals surface area contributed by atoms with Gasteiger partial charge in [-0.2, -0.15) is 0 Å². The summed E-state index contributed by atoms with van der Waals surface area (Å²) in [6, 6.07) is 11.4. The van der Waals surface area contributed by atoms with Crippen LogP contribution in [-0.4, -0.2) is 37.2 Å². The molecule has 0 unspecified atom stereocenters. The van der Waals surface area contributed by atoms with E-state index in [1.807, 2.05) is 30.3 Å². The largest absolute Gasteiger partial charge is 0.451 e. The van der Waals surface area contributed by atoms with Gasteiger partial charge in [-0.15, -0.1) is 10.2 Å². The summed E-state index contributed by atoms with van der Waals surface area (Å²) in [6.45, 7) is 1.42. The number of fused-ring (bicyclic) bond motifs is 1. The first-order valence-corrected chi connectivity index (χ1v) is 10.9. The predicted octanol–water partition coefficient (Wildman–Crippen LogP) is 4.35. The standard InChI is InChI=1S/C22H19N5O3S/c1-13(28)20-19(16-6-2-3-7-17(16)30-20)24-18(29)12-31-22-26-25-21(27(22)15-8-9-15)14-5-4-10-23-11-14/h2-7,10-11,15H,8-9,12H2,1H3,(H,24,29). The van der Waals surface area contributed by atoms with Crippen LogP contribution in [0.15, 0.2) is 58.4 Å². The third-order valence-electron chi connectivity index (χ3n) is 5.01. The van der Waals surface area contributed by atoms with Crippen LogP contribution in [-0.2, 0) is 4.79 Å². The predicted molar refractivity (Wildman–Crippen MR) is 117 cm³/mol. The van der Waals surface area contributed by atoms with Gasteiger partial charge in [0.05, 0.1) is 11.4 Å². The number of benzene rings is 1. The van der Waals surface area contributed by atoms with E-state index >= 15 is 0 Å². The number of pyridine rings is 1. The van der Waals surface area contributed by atoms with Crippen molar-refractivity contribution in [1.82, 2.24) is 19.7 Å². The van der Waals surface area contributed by atoms with Crippen LogP contribution in [0, 0.1) is 0 Å². The summed E-state index contributed by atoms with van der Waals surface area (Å²) in [7, 11) is 0. The summed E-state index contributed by atoms with van der Waals surface area (Å²) in [6.07, 6.45) is 5.61. The molecular formula is C22H19N5O3S. The van der Waals surface area contributed by atoms with Gasteiger partial charge in [0, 0.05) is 36.3 Å². The number of anilines is 1. The number of carbonyl (C=O) groups excluding carboxylic acids is 2. The quantitative estimate of drug-likeness (QED) is 0.341. The number of furan rings is 1. The van der Waals surface area contributed by atoms with E-state index in [9.17, 15) is 9.59 Å². The fourth-order valence-corrected chi connectivity index (χ4v) is 4.26. The first-order chi connectivity index (χ1) is 15.1. The van der Waals surface area contributed by atoms with Crippen molar-refractivity contribution in [2.45, 2.75) is 31.0 Å². The van der Waals surface area contributed by atoms with Crippen LogP contribution in [0.4, 0.5) is 5.69 Å². The maximum Gasteiger partial charge on any atom is 0.234 e. The molecule has 0 aliphatic heterocycles. The maximum absolute atomic E-state index is 12.7. The van der Waals surface area contributed by atoms with Crippen molar-refractivity contribution in [2.24, 2.45) is 0 Å². The van der Waals surface area contributed by atoms with E-state index in [1.165, 1.54) is 18.7 Å². The molecule has 1 saturated carbocycles. The molecule has 3 heterocycles. The van der Waals surface area contributed by atoms with Crippen LogP contribution in [0.25, 0.3) is 22.4 Å². The molecule has 8 nitrogen and oxygen atoms in total. The fourth-order valence-electron chi connectivity index (χ4n) is 3.45. The summed E-state index contributed by atoms with van der Waals surface area (Å²) in [5.74, 6) is 0.563. The highest BCUT2D eigenvalue weighted by molar-refractivity contribution is 7.99. The molecule has 1 aromatic carbocycles. The molecule has 0 spiro atoms. The average Bonchev–Trinajstić information content (AvgIpc) is 3.43. The molecule has 0 saturated heterocycles. The number of aromatic nitrogens is 4. The molecule has 1 amide bonds. The number of Topliss-reactive ketones (excluding diaryl/α,β-unsaturated/α-hetero) is 1. The normalized spacial score (nSPS) is 13.5. The van der Waals surface area contributed by atoms with Gasteiger partial charge in [-0.05, 0) is 37.1 Å². The number of rotatable bonds is 7. The number of thioether (sulfide) groups is 1. The SMILES string of the molecule is CC(=O)c1oc2ccccc2c1NC(=O)CSc1nnc(-c2cccnc2)n1C1CC1. The number of nitrogens with zero attached hydrogens (tertiary/aromatic N) is 4. The topological polar surface area (TPSA) is 103 Å². The van der Waals surface area contributed by atoms with E-state index in [0.29, 0.717) is 27.9 Å². The number of nitrogens with one attached hydrogen (secondary N) is 1. The van der Waals surface area contributed by atoms with Crippen molar-refractivity contribution in [2.75, 3.05) is 11.1 Å². The number of para-hydroxylation sites is 1. The van der Waals surface area contributed by atoms with Crippen LogP contribution in [0.3, 0.4) is 0 Å². The van der Waals surface area contributed by atoms with Crippen LogP contribution < -0.4 is 5.32 Å². The smallest absolute Gasteiger partial charge is 0.234 e. The van der Waals surface area contributed by atoms with Crippen LogP contribution in [0.5, 0.6) is 0 Å². The van der Waals surface area contributed by atoms with E-state index in [0.717, 1.165) is 24.2 Å². The van der Waals surface area contributed by atoms with Crippen LogP contribution in [0.2, 0.25) is 0 Å². The zero-order chi connectivity index (χ0) is 21.4. The van der Waals surface area contributed by atoms with Gasteiger partial charge in [0.15, 0.2) is 22.5 Å². The van der Waals surface area contributed by atoms with E-state index in [1.54, 1.807) is 18.5 Å². The third-order valence-corrected chi connectivity index (χ3v) is 5.95. The van der Waals surface area contributed by atoms with Gasteiger partial charge >= 0.3 is 0 Å². The van der Waals surface area contributed by atoms with Crippen molar-refractivity contribution in [3.8, 4) is 11.4 Å². The molecule has 1 aliphatic rings. The molecule has 156 valence electrons. The molecular weight excluding hydrogens is 414 g/mol. The highest BCUT2D eigenvalue weighted by Gasteiger charge is 2.30. The van der Waals surface area contributed by atoms with Gasteiger partial charge in [0.2, 0.25) is 5.91 Å². The Kier molecular flexibility index (Phi) is 5.03. The molecule has 1 aliphatic carbocycles. The first kappa shape index (κ1) is 19.5. The zero-order valence-corrected chi connectivity index (χ0v) is 17.6. The lowest BCUT2D eigenvalue weighted by molar-refractivity contribution is -0.113. The average molecular weight is 433 g/mol. The summed E-state index contributed by atoms with van der Waals surface area (Å²) in [5, 5.41) is 12.9. The minimum atomic E-state index is -0.243. The van der Waals surface area contributed by atoms with Crippen molar-refractivity contribution in [3.05, 3.63) is 54.6 Å². The zero-order valence-electron chi connectivity index (χ0n) is 16.7. The second-order valence-electron chi connectivity index (χ2n) is 7.34. The van der Waals surface area contributed by atoms with Gasteiger partial charge in [0.1, 0.15) is 5.58 Å². The summed E-state index contributed by atoms with van der Waals surface area (Å²) in [5.41, 5.74) is 1.87. The minimum absolute atomic E-state index is 0.134. The second kappa shape index (κ2) is 7.99. The van der Waals surface area contributed by atoms with Gasteiger partial charge in [-0.1, -0.05) is 23.9 Å².